The van der Waals surface area contributed by atoms with E-state index in [1.54, 1.807) is 0 Å². The number of halogens is 1. The van der Waals surface area contributed by atoms with Crippen molar-refractivity contribution in [2.45, 2.75) is 19.9 Å². The van der Waals surface area contributed by atoms with Gasteiger partial charge in [0.05, 0.1) is 0 Å². The van der Waals surface area contributed by atoms with Crippen molar-refractivity contribution in [2.24, 2.45) is 0 Å². The first kappa shape index (κ1) is 11.2. The molecule has 1 heterocycles. The second-order valence-corrected chi connectivity index (χ2v) is 2.52. The molecule has 0 aromatic carbocycles. The largest absolute Gasteiger partial charge is 1.00 e. The van der Waals surface area contributed by atoms with Gasteiger partial charge in [0.15, 0.2) is 6.20 Å². The van der Waals surface area contributed by atoms with Crippen LogP contribution in [-0.4, -0.2) is 0 Å². The third-order valence-electron chi connectivity index (χ3n) is 1.65. The van der Waals surface area contributed by atoms with Gasteiger partial charge >= 0.3 is 0 Å². The fraction of sp³-hybridized carbons (Fsp3) is 0.300. The highest BCUT2D eigenvalue weighted by molar-refractivity contribution is 5.36. The minimum atomic E-state index is 0. The molecule has 0 bridgehead atoms. The number of pyridine rings is 1. The molecule has 66 valence electrons. The minimum Gasteiger partial charge on any atom is -1.00 e. The minimum absolute atomic E-state index is 0. The maximum absolute atomic E-state index is 3.75. The van der Waals surface area contributed by atoms with Gasteiger partial charge in [-0.2, -0.15) is 4.57 Å². The number of aromatic nitrogens is 1. The van der Waals surface area contributed by atoms with Crippen LogP contribution in [0.15, 0.2) is 31.0 Å². The Balaban J connectivity index is 0.00000121. The molecule has 0 atom stereocenters. The lowest BCUT2D eigenvalue weighted by Crippen LogP contribution is -3.00. The molecule has 2 heteroatoms. The maximum Gasteiger partial charge on any atom is 0.204 e. The zero-order valence-corrected chi connectivity index (χ0v) is 8.09. The Kier molecular flexibility index (Phi) is 5.39. The number of nitrogens with zero attached hydrogens (tertiary/aromatic N) is 1. The van der Waals surface area contributed by atoms with Gasteiger partial charge in [-0.05, 0) is 6.07 Å². The molecule has 0 spiro atoms. The van der Waals surface area contributed by atoms with Crippen molar-refractivity contribution >= 4 is 6.08 Å². The normalized spacial score (nSPS) is 8.75. The van der Waals surface area contributed by atoms with Gasteiger partial charge in [0.1, 0.15) is 6.54 Å². The predicted octanol–water partition coefficient (Wildman–Crippen LogP) is -0.969. The second-order valence-electron chi connectivity index (χ2n) is 2.52. The van der Waals surface area contributed by atoms with Crippen molar-refractivity contribution in [3.05, 3.63) is 36.7 Å². The Morgan fingerprint density at radius 3 is 2.83 bits per heavy atom. The van der Waals surface area contributed by atoms with E-state index in [0.29, 0.717) is 0 Å². The smallest absolute Gasteiger partial charge is 0.204 e. The molecule has 0 radical (unpaired) electrons. The Morgan fingerprint density at radius 2 is 2.25 bits per heavy atom. The van der Waals surface area contributed by atoms with E-state index in [-0.39, 0.29) is 12.4 Å². The van der Waals surface area contributed by atoms with Crippen molar-refractivity contribution in [3.63, 3.8) is 0 Å². The monoisotopic (exact) mass is 183 g/mol. The molecule has 0 N–H and O–H groups in total. The first-order chi connectivity index (χ1) is 5.38. The van der Waals surface area contributed by atoms with E-state index < -0.39 is 0 Å². The standard InChI is InChI=1S/C10H14N.ClH/c1-3-8-11-9-6-5-7-10(11)4-2;/h4-7,9H,2-3,8H2,1H3;1H/q+1;/p-1. The summed E-state index contributed by atoms with van der Waals surface area (Å²) in [5, 5.41) is 0. The summed E-state index contributed by atoms with van der Waals surface area (Å²) in [7, 11) is 0. The summed E-state index contributed by atoms with van der Waals surface area (Å²) in [6.07, 6.45) is 5.13. The van der Waals surface area contributed by atoms with E-state index in [1.807, 2.05) is 18.2 Å². The molecule has 0 aliphatic rings. The second kappa shape index (κ2) is 5.78. The average molecular weight is 184 g/mol. The van der Waals surface area contributed by atoms with Gasteiger partial charge in [0.2, 0.25) is 5.69 Å². The van der Waals surface area contributed by atoms with E-state index in [0.717, 1.165) is 13.0 Å². The number of hydrogen-bond acceptors (Lipinski definition) is 0. The van der Waals surface area contributed by atoms with E-state index in [4.69, 9.17) is 0 Å². The van der Waals surface area contributed by atoms with Crippen LogP contribution >= 0.6 is 0 Å². The summed E-state index contributed by atoms with van der Waals surface area (Å²) >= 11 is 0. The topological polar surface area (TPSA) is 3.88 Å². The van der Waals surface area contributed by atoms with Crippen molar-refractivity contribution in [3.8, 4) is 0 Å². The van der Waals surface area contributed by atoms with Crippen molar-refractivity contribution < 1.29 is 17.0 Å². The van der Waals surface area contributed by atoms with Gasteiger partial charge in [0.25, 0.3) is 0 Å². The Hall–Kier alpha value is -0.820. The van der Waals surface area contributed by atoms with Crippen LogP contribution in [0.1, 0.15) is 19.0 Å². The van der Waals surface area contributed by atoms with Crippen LogP contribution in [0.5, 0.6) is 0 Å². The van der Waals surface area contributed by atoms with Crippen LogP contribution in [0.4, 0.5) is 0 Å². The fourth-order valence-electron chi connectivity index (χ4n) is 1.12. The summed E-state index contributed by atoms with van der Waals surface area (Å²) in [5.41, 5.74) is 1.19. The molecule has 0 saturated carbocycles. The molecule has 1 rings (SSSR count). The Morgan fingerprint density at radius 1 is 1.50 bits per heavy atom. The average Bonchev–Trinajstić information content (AvgIpc) is 2.06. The molecule has 1 nitrogen and oxygen atoms in total. The van der Waals surface area contributed by atoms with Crippen LogP contribution in [0, 0.1) is 0 Å². The van der Waals surface area contributed by atoms with Crippen molar-refractivity contribution in [1.82, 2.24) is 0 Å². The summed E-state index contributed by atoms with van der Waals surface area (Å²) < 4.78 is 2.20. The molecule has 12 heavy (non-hydrogen) atoms. The third kappa shape index (κ3) is 2.67. The zero-order valence-electron chi connectivity index (χ0n) is 7.33. The maximum atomic E-state index is 3.75. The van der Waals surface area contributed by atoms with Crippen LogP contribution in [0.25, 0.3) is 6.08 Å². The van der Waals surface area contributed by atoms with E-state index in [9.17, 15) is 0 Å². The summed E-state index contributed by atoms with van der Waals surface area (Å²) in [5.74, 6) is 0. The molecular formula is C10H14ClN. The van der Waals surface area contributed by atoms with E-state index in [2.05, 4.69) is 30.3 Å². The molecule has 0 unspecified atom stereocenters. The Labute approximate surface area is 80.1 Å². The molecule has 0 fully saturated rings. The number of hydrogen-bond donors (Lipinski definition) is 0. The lowest BCUT2D eigenvalue weighted by Gasteiger charge is -1.96. The number of rotatable bonds is 3. The van der Waals surface area contributed by atoms with Gasteiger partial charge in [-0.1, -0.05) is 13.5 Å². The van der Waals surface area contributed by atoms with Crippen LogP contribution in [0.3, 0.4) is 0 Å². The summed E-state index contributed by atoms with van der Waals surface area (Å²) in [6.45, 7) is 7.00. The van der Waals surface area contributed by atoms with Crippen molar-refractivity contribution in [2.75, 3.05) is 0 Å². The molecule has 1 aromatic heterocycles. The molecular weight excluding hydrogens is 170 g/mol. The van der Waals surface area contributed by atoms with Gasteiger partial charge in [-0.3, -0.25) is 0 Å². The number of aryl methyl sites for hydroxylation is 1. The molecule has 1 aromatic rings. The highest BCUT2D eigenvalue weighted by Crippen LogP contribution is 1.92. The molecule has 0 aliphatic carbocycles. The van der Waals surface area contributed by atoms with E-state index in [1.165, 1.54) is 5.69 Å². The highest BCUT2D eigenvalue weighted by Gasteiger charge is 2.01. The third-order valence-corrected chi connectivity index (χ3v) is 1.65. The van der Waals surface area contributed by atoms with Gasteiger partial charge in [0, 0.05) is 24.6 Å². The lowest BCUT2D eigenvalue weighted by molar-refractivity contribution is -0.698. The van der Waals surface area contributed by atoms with Gasteiger partial charge < -0.3 is 12.4 Å². The highest BCUT2D eigenvalue weighted by atomic mass is 35.5. The fourth-order valence-corrected chi connectivity index (χ4v) is 1.12. The lowest BCUT2D eigenvalue weighted by atomic mass is 10.3. The van der Waals surface area contributed by atoms with Crippen LogP contribution in [-0.2, 0) is 6.54 Å². The zero-order chi connectivity index (χ0) is 8.10. The quantitative estimate of drug-likeness (QED) is 0.532. The SMILES string of the molecule is C=Cc1cccc[n+]1CCC.[Cl-]. The van der Waals surface area contributed by atoms with Gasteiger partial charge in [-0.25, -0.2) is 0 Å². The van der Waals surface area contributed by atoms with Crippen LogP contribution in [0.2, 0.25) is 0 Å². The van der Waals surface area contributed by atoms with E-state index >= 15 is 0 Å². The molecule has 0 saturated heterocycles. The molecule has 0 aliphatic heterocycles. The summed E-state index contributed by atoms with van der Waals surface area (Å²) in [6, 6.07) is 6.15. The van der Waals surface area contributed by atoms with Crippen molar-refractivity contribution in [1.29, 1.82) is 0 Å². The first-order valence-electron chi connectivity index (χ1n) is 3.99. The molecule has 0 amide bonds. The first-order valence-corrected chi connectivity index (χ1v) is 3.99. The summed E-state index contributed by atoms with van der Waals surface area (Å²) in [4.78, 5) is 0. The van der Waals surface area contributed by atoms with Gasteiger partial charge in [-0.15, -0.1) is 0 Å². The van der Waals surface area contributed by atoms with Crippen LogP contribution < -0.4 is 17.0 Å². The predicted molar refractivity (Wildman–Crippen MR) is 47.0 cm³/mol. The Bertz CT molecular complexity index is 245.